The Kier molecular flexibility index (Phi) is 4.33. The Bertz CT molecular complexity index is 488. The topological polar surface area (TPSA) is 60.8 Å². The number of phenolic OH excluding ortho intramolecular Hbond substituents is 1. The summed E-state index contributed by atoms with van der Waals surface area (Å²) >= 11 is 0. The maximum Gasteiger partial charge on any atom is 0.310 e. The van der Waals surface area contributed by atoms with E-state index in [4.69, 9.17) is 0 Å². The molecule has 4 heteroatoms. The van der Waals surface area contributed by atoms with Gasteiger partial charge in [0.2, 0.25) is 0 Å². The maximum absolute atomic E-state index is 11.6. The molecule has 1 saturated heterocycles. The second kappa shape index (κ2) is 5.83. The van der Waals surface area contributed by atoms with Crippen LogP contribution in [-0.4, -0.2) is 34.2 Å². The summed E-state index contributed by atoms with van der Waals surface area (Å²) in [5.41, 5.74) is 0.248. The van der Waals surface area contributed by atoms with Crippen molar-refractivity contribution in [3.8, 4) is 5.75 Å². The van der Waals surface area contributed by atoms with Gasteiger partial charge in [0.15, 0.2) is 0 Å². The summed E-state index contributed by atoms with van der Waals surface area (Å²) in [6, 6.07) is 7.32. The molecular formula is C16H23NO3. The van der Waals surface area contributed by atoms with Gasteiger partial charge < -0.3 is 10.2 Å². The minimum atomic E-state index is -0.689. The molecule has 4 nitrogen and oxygen atoms in total. The molecule has 1 aliphatic heterocycles. The van der Waals surface area contributed by atoms with Crippen LogP contribution in [0.2, 0.25) is 0 Å². The summed E-state index contributed by atoms with van der Waals surface area (Å²) < 4.78 is 0. The predicted octanol–water partition coefficient (Wildman–Crippen LogP) is 3.03. The number of para-hydroxylation sites is 1. The average molecular weight is 277 g/mol. The number of carboxylic acids is 1. The number of benzene rings is 1. The lowest BCUT2D eigenvalue weighted by molar-refractivity contribution is -0.148. The molecule has 1 aliphatic rings. The van der Waals surface area contributed by atoms with Gasteiger partial charge in [-0.2, -0.15) is 0 Å². The second-order valence-corrected chi connectivity index (χ2v) is 5.79. The first-order chi connectivity index (χ1) is 9.50. The largest absolute Gasteiger partial charge is 0.508 e. The minimum Gasteiger partial charge on any atom is -0.508 e. The zero-order chi connectivity index (χ0) is 14.8. The number of phenols is 1. The first-order valence-corrected chi connectivity index (χ1v) is 7.25. The van der Waals surface area contributed by atoms with E-state index in [-0.39, 0.29) is 11.8 Å². The normalized spacial score (nSPS) is 24.7. The summed E-state index contributed by atoms with van der Waals surface area (Å²) in [6.07, 6.45) is 2.28. The molecule has 0 saturated carbocycles. The van der Waals surface area contributed by atoms with E-state index < -0.39 is 11.4 Å². The van der Waals surface area contributed by atoms with Gasteiger partial charge in [-0.25, -0.2) is 0 Å². The van der Waals surface area contributed by atoms with Crippen molar-refractivity contribution in [1.29, 1.82) is 0 Å². The van der Waals surface area contributed by atoms with Crippen molar-refractivity contribution in [3.05, 3.63) is 29.8 Å². The average Bonchev–Trinajstić information content (AvgIpc) is 2.85. The van der Waals surface area contributed by atoms with Gasteiger partial charge in [-0.1, -0.05) is 31.5 Å². The van der Waals surface area contributed by atoms with Crippen LogP contribution in [-0.2, 0) is 4.79 Å². The van der Waals surface area contributed by atoms with Crippen LogP contribution in [0.3, 0.4) is 0 Å². The fourth-order valence-corrected chi connectivity index (χ4v) is 3.24. The molecule has 110 valence electrons. The molecule has 0 aromatic heterocycles. The number of aliphatic carboxylic acids is 1. The van der Waals surface area contributed by atoms with Crippen LogP contribution >= 0.6 is 0 Å². The van der Waals surface area contributed by atoms with E-state index in [1.165, 1.54) is 0 Å². The molecule has 1 heterocycles. The molecule has 20 heavy (non-hydrogen) atoms. The van der Waals surface area contributed by atoms with E-state index in [1.54, 1.807) is 12.1 Å². The molecule has 0 aliphatic carbocycles. The molecule has 2 N–H and O–H groups in total. The Morgan fingerprint density at radius 1 is 1.45 bits per heavy atom. The van der Waals surface area contributed by atoms with Gasteiger partial charge >= 0.3 is 5.97 Å². The molecule has 2 rings (SSSR count). The first-order valence-electron chi connectivity index (χ1n) is 7.25. The van der Waals surface area contributed by atoms with Gasteiger partial charge in [-0.05, 0) is 32.4 Å². The smallest absolute Gasteiger partial charge is 0.310 e. The van der Waals surface area contributed by atoms with Crippen LogP contribution in [0.25, 0.3) is 0 Å². The van der Waals surface area contributed by atoms with Gasteiger partial charge in [0, 0.05) is 18.2 Å². The number of aromatic hydroxyl groups is 1. The van der Waals surface area contributed by atoms with Crippen molar-refractivity contribution >= 4 is 5.97 Å². The predicted molar refractivity (Wildman–Crippen MR) is 77.7 cm³/mol. The fourth-order valence-electron chi connectivity index (χ4n) is 3.24. The highest BCUT2D eigenvalue weighted by Gasteiger charge is 2.45. The van der Waals surface area contributed by atoms with Crippen molar-refractivity contribution < 1.29 is 15.0 Å². The van der Waals surface area contributed by atoms with Gasteiger partial charge in [0.05, 0.1) is 5.41 Å². The highest BCUT2D eigenvalue weighted by Crippen LogP contribution is 2.40. The number of rotatable bonds is 5. The lowest BCUT2D eigenvalue weighted by Crippen LogP contribution is -2.35. The summed E-state index contributed by atoms with van der Waals surface area (Å²) in [5.74, 6) is -0.408. The fraction of sp³-hybridized carbons (Fsp3) is 0.562. The summed E-state index contributed by atoms with van der Waals surface area (Å²) in [6.45, 7) is 5.38. The molecule has 0 amide bonds. The number of carboxylic acid groups (broad SMARTS) is 1. The minimum absolute atomic E-state index is 0.0364. The quantitative estimate of drug-likeness (QED) is 0.868. The molecule has 1 fully saturated rings. The van der Waals surface area contributed by atoms with Crippen LogP contribution in [0, 0.1) is 5.41 Å². The third-order valence-corrected chi connectivity index (χ3v) is 4.50. The van der Waals surface area contributed by atoms with Crippen molar-refractivity contribution in [1.82, 2.24) is 4.90 Å². The second-order valence-electron chi connectivity index (χ2n) is 5.79. The van der Waals surface area contributed by atoms with Gasteiger partial charge in [0.1, 0.15) is 5.75 Å². The third-order valence-electron chi connectivity index (χ3n) is 4.50. The van der Waals surface area contributed by atoms with Crippen LogP contribution in [0.1, 0.15) is 44.7 Å². The molecule has 0 bridgehead atoms. The summed E-state index contributed by atoms with van der Waals surface area (Å²) in [4.78, 5) is 13.8. The molecule has 1 aromatic rings. The standard InChI is InChI=1S/C16H23NO3/c1-3-8-16(15(19)20)9-10-17(11-16)12(2)13-6-4-5-7-14(13)18/h4-7,12,18H,3,8-11H2,1-2H3,(H,19,20). The highest BCUT2D eigenvalue weighted by atomic mass is 16.4. The monoisotopic (exact) mass is 277 g/mol. The van der Waals surface area contributed by atoms with E-state index >= 15 is 0 Å². The van der Waals surface area contributed by atoms with Crippen molar-refractivity contribution in [3.63, 3.8) is 0 Å². The number of carbonyl (C=O) groups is 1. The Morgan fingerprint density at radius 3 is 2.75 bits per heavy atom. The molecule has 0 spiro atoms. The molecule has 0 radical (unpaired) electrons. The molecule has 2 unspecified atom stereocenters. The number of nitrogens with zero attached hydrogens (tertiary/aromatic N) is 1. The number of likely N-dealkylation sites (tertiary alicyclic amines) is 1. The number of hydrogen-bond donors (Lipinski definition) is 2. The zero-order valence-corrected chi connectivity index (χ0v) is 12.2. The Morgan fingerprint density at radius 2 is 2.15 bits per heavy atom. The molecule has 1 aromatic carbocycles. The van der Waals surface area contributed by atoms with E-state index in [1.807, 2.05) is 26.0 Å². The SMILES string of the molecule is CCCC1(C(=O)O)CCN(C(C)c2ccccc2O)C1. The van der Waals surface area contributed by atoms with E-state index in [9.17, 15) is 15.0 Å². The lowest BCUT2D eigenvalue weighted by atomic mass is 9.82. The molecular weight excluding hydrogens is 254 g/mol. The van der Waals surface area contributed by atoms with Crippen LogP contribution in [0.4, 0.5) is 0 Å². The van der Waals surface area contributed by atoms with Crippen molar-refractivity contribution in [2.75, 3.05) is 13.1 Å². The van der Waals surface area contributed by atoms with Crippen LogP contribution in [0.5, 0.6) is 5.75 Å². The van der Waals surface area contributed by atoms with Gasteiger partial charge in [0.25, 0.3) is 0 Å². The van der Waals surface area contributed by atoms with Crippen molar-refractivity contribution in [2.45, 2.75) is 39.2 Å². The van der Waals surface area contributed by atoms with E-state index in [2.05, 4.69) is 4.90 Å². The van der Waals surface area contributed by atoms with Gasteiger partial charge in [-0.15, -0.1) is 0 Å². The third kappa shape index (κ3) is 2.66. The van der Waals surface area contributed by atoms with E-state index in [0.29, 0.717) is 19.4 Å². The maximum atomic E-state index is 11.6. The summed E-state index contributed by atoms with van der Waals surface area (Å²) in [7, 11) is 0. The zero-order valence-electron chi connectivity index (χ0n) is 12.2. The van der Waals surface area contributed by atoms with Crippen LogP contribution in [0.15, 0.2) is 24.3 Å². The number of hydrogen-bond acceptors (Lipinski definition) is 3. The Hall–Kier alpha value is -1.55. The highest BCUT2D eigenvalue weighted by molar-refractivity contribution is 5.75. The Balaban J connectivity index is 2.16. The lowest BCUT2D eigenvalue weighted by Gasteiger charge is -2.28. The van der Waals surface area contributed by atoms with E-state index in [0.717, 1.165) is 18.5 Å². The summed E-state index contributed by atoms with van der Waals surface area (Å²) in [5, 5.41) is 19.5. The first kappa shape index (κ1) is 14.9. The molecule has 2 atom stereocenters. The van der Waals surface area contributed by atoms with Crippen molar-refractivity contribution in [2.24, 2.45) is 5.41 Å². The van der Waals surface area contributed by atoms with Gasteiger partial charge in [-0.3, -0.25) is 9.69 Å². The van der Waals surface area contributed by atoms with Crippen LogP contribution < -0.4 is 0 Å². The Labute approximate surface area is 120 Å².